The van der Waals surface area contributed by atoms with Crippen molar-refractivity contribution >= 4 is 24.5 Å². The van der Waals surface area contributed by atoms with Crippen LogP contribution in [-0.4, -0.2) is 20.1 Å². The summed E-state index contributed by atoms with van der Waals surface area (Å²) in [7, 11) is 1.18. The molecule has 0 atom stereocenters. The number of rotatable bonds is 3. The Balaban J connectivity index is 0.00000256. The van der Waals surface area contributed by atoms with E-state index in [-0.39, 0.29) is 67.5 Å². The summed E-state index contributed by atoms with van der Waals surface area (Å²) in [5, 5.41) is -0.0814. The molecule has 0 saturated heterocycles. The number of ether oxygens (including phenoxy) is 1. The molecule has 0 aromatic heterocycles. The molecule has 2 nitrogen and oxygen atoms in total. The average molecular weight is 291 g/mol. The van der Waals surface area contributed by atoms with Gasteiger partial charge in [-0.1, -0.05) is 29.6 Å². The fraction of sp³-hybridized carbons (Fsp3) is 0.222. The predicted molar refractivity (Wildman–Crippen MR) is 55.6 cm³/mol. The number of halogens is 4. The SMILES string of the molecule is COC(=O)c1ccc(C[B-](F)(F)F)c(Cl)c1.[K+]. The van der Waals surface area contributed by atoms with Crippen molar-refractivity contribution in [2.75, 3.05) is 7.11 Å². The first-order valence-corrected chi connectivity index (χ1v) is 4.79. The van der Waals surface area contributed by atoms with Crippen molar-refractivity contribution < 1.29 is 73.9 Å². The van der Waals surface area contributed by atoms with Gasteiger partial charge < -0.3 is 17.7 Å². The van der Waals surface area contributed by atoms with Crippen LogP contribution in [0.25, 0.3) is 0 Å². The summed E-state index contributed by atoms with van der Waals surface area (Å²) in [6.07, 6.45) is -1.06. The van der Waals surface area contributed by atoms with E-state index < -0.39 is 19.3 Å². The third-order valence-electron chi connectivity index (χ3n) is 1.93. The van der Waals surface area contributed by atoms with E-state index in [0.717, 1.165) is 0 Å². The van der Waals surface area contributed by atoms with Gasteiger partial charge in [-0.2, -0.15) is 0 Å². The molecule has 0 aliphatic heterocycles. The van der Waals surface area contributed by atoms with Crippen molar-refractivity contribution in [2.45, 2.75) is 6.32 Å². The number of esters is 1. The fourth-order valence-electron chi connectivity index (χ4n) is 1.21. The van der Waals surface area contributed by atoms with Gasteiger partial charge in [0.05, 0.1) is 12.7 Å². The van der Waals surface area contributed by atoms with Crippen molar-refractivity contribution in [1.82, 2.24) is 0 Å². The van der Waals surface area contributed by atoms with Gasteiger partial charge in [-0.25, -0.2) is 4.79 Å². The van der Waals surface area contributed by atoms with E-state index in [9.17, 15) is 17.7 Å². The van der Waals surface area contributed by atoms with Crippen molar-refractivity contribution in [2.24, 2.45) is 0 Å². The maximum absolute atomic E-state index is 12.2. The minimum absolute atomic E-state index is 0. The molecule has 0 radical (unpaired) electrons. The molecule has 1 rings (SSSR count). The molecule has 1 aromatic carbocycles. The molecule has 17 heavy (non-hydrogen) atoms. The van der Waals surface area contributed by atoms with Crippen molar-refractivity contribution in [3.63, 3.8) is 0 Å². The smallest absolute Gasteiger partial charge is 0.465 e. The summed E-state index contributed by atoms with van der Waals surface area (Å²) in [5.41, 5.74) is 0.0905. The Morgan fingerprint density at radius 2 is 2.00 bits per heavy atom. The van der Waals surface area contributed by atoms with Crippen molar-refractivity contribution in [3.05, 3.63) is 34.3 Å². The van der Waals surface area contributed by atoms with Crippen LogP contribution in [0.5, 0.6) is 0 Å². The van der Waals surface area contributed by atoms with Gasteiger partial charge in [0.1, 0.15) is 0 Å². The molecule has 0 heterocycles. The van der Waals surface area contributed by atoms with Crippen LogP contribution in [0.2, 0.25) is 5.02 Å². The van der Waals surface area contributed by atoms with E-state index in [1.807, 2.05) is 0 Å². The second kappa shape index (κ2) is 7.16. The number of benzene rings is 1. The van der Waals surface area contributed by atoms with Gasteiger partial charge in [0.15, 0.2) is 0 Å². The summed E-state index contributed by atoms with van der Waals surface area (Å²) < 4.78 is 40.9. The van der Waals surface area contributed by atoms with Gasteiger partial charge in [-0.05, 0) is 12.1 Å². The molecular formula is C9H8BClF3KO2. The van der Waals surface area contributed by atoms with Crippen LogP contribution >= 0.6 is 11.6 Å². The number of carbonyl (C=O) groups excluding carboxylic acids is 1. The Labute approximate surface area is 144 Å². The van der Waals surface area contributed by atoms with E-state index in [1.54, 1.807) is 0 Å². The Hall–Kier alpha value is 0.471. The maximum Gasteiger partial charge on any atom is 1.00 e. The molecule has 0 aliphatic carbocycles. The Kier molecular flexibility index (Phi) is 7.36. The average Bonchev–Trinajstić information content (AvgIpc) is 2.18. The van der Waals surface area contributed by atoms with Gasteiger partial charge in [-0.3, -0.25) is 0 Å². The molecule has 0 saturated carbocycles. The molecule has 0 bridgehead atoms. The van der Waals surface area contributed by atoms with E-state index in [1.165, 1.54) is 25.3 Å². The molecule has 0 unspecified atom stereocenters. The molecule has 0 N–H and O–H groups in total. The first-order chi connectivity index (χ1) is 7.33. The molecule has 0 aliphatic rings. The third kappa shape index (κ3) is 5.76. The minimum atomic E-state index is -4.93. The van der Waals surface area contributed by atoms with E-state index >= 15 is 0 Å². The molecule has 0 amide bonds. The number of carbonyl (C=O) groups is 1. The molecule has 0 spiro atoms. The summed E-state index contributed by atoms with van der Waals surface area (Å²) in [6.45, 7) is -4.93. The molecular weight excluding hydrogens is 282 g/mol. The van der Waals surface area contributed by atoms with Crippen LogP contribution in [-0.2, 0) is 11.1 Å². The predicted octanol–water partition coefficient (Wildman–Crippen LogP) is 0.0597. The van der Waals surface area contributed by atoms with Gasteiger partial charge in [0.25, 0.3) is 0 Å². The number of hydrogen-bond acceptors (Lipinski definition) is 2. The zero-order valence-electron chi connectivity index (χ0n) is 9.34. The molecule has 88 valence electrons. The fourth-order valence-corrected chi connectivity index (χ4v) is 1.46. The minimum Gasteiger partial charge on any atom is -0.465 e. The second-order valence-corrected chi connectivity index (χ2v) is 3.62. The van der Waals surface area contributed by atoms with Crippen molar-refractivity contribution in [3.8, 4) is 0 Å². The molecule has 0 fully saturated rings. The van der Waals surface area contributed by atoms with Crippen molar-refractivity contribution in [1.29, 1.82) is 0 Å². The van der Waals surface area contributed by atoms with Crippen LogP contribution in [0.15, 0.2) is 18.2 Å². The van der Waals surface area contributed by atoms with Gasteiger partial charge in [-0.15, -0.1) is 0 Å². The van der Waals surface area contributed by atoms with Crippen LogP contribution < -0.4 is 51.4 Å². The number of methoxy groups -OCH3 is 1. The molecule has 8 heteroatoms. The van der Waals surface area contributed by atoms with E-state index in [4.69, 9.17) is 11.6 Å². The van der Waals surface area contributed by atoms with Gasteiger partial charge in [0.2, 0.25) is 0 Å². The van der Waals surface area contributed by atoms with Crippen LogP contribution in [0.1, 0.15) is 15.9 Å². The quantitative estimate of drug-likeness (QED) is 0.581. The topological polar surface area (TPSA) is 26.3 Å². The van der Waals surface area contributed by atoms with E-state index in [0.29, 0.717) is 0 Å². The van der Waals surface area contributed by atoms with Crippen LogP contribution in [0, 0.1) is 0 Å². The monoisotopic (exact) mass is 290 g/mol. The second-order valence-electron chi connectivity index (χ2n) is 3.21. The first kappa shape index (κ1) is 17.5. The zero-order valence-corrected chi connectivity index (χ0v) is 13.2. The maximum atomic E-state index is 12.2. The summed E-state index contributed by atoms with van der Waals surface area (Å²) in [5.74, 6) is -0.633. The number of hydrogen-bond donors (Lipinski definition) is 0. The standard InChI is InChI=1S/C9H8BClF3O2.K/c1-16-9(15)6-2-3-7(8(11)4-6)5-10(12,13)14;/h2-4H,5H2,1H3;/q-1;+1. The van der Waals surface area contributed by atoms with Gasteiger partial charge in [0, 0.05) is 5.02 Å². The third-order valence-corrected chi connectivity index (χ3v) is 2.28. The van der Waals surface area contributed by atoms with Crippen LogP contribution in [0.4, 0.5) is 12.9 Å². The zero-order chi connectivity index (χ0) is 12.3. The summed E-state index contributed by atoms with van der Waals surface area (Å²) >= 11 is 5.64. The van der Waals surface area contributed by atoms with Crippen LogP contribution in [0.3, 0.4) is 0 Å². The summed E-state index contributed by atoms with van der Waals surface area (Å²) in [4.78, 5) is 11.1. The van der Waals surface area contributed by atoms with Gasteiger partial charge >= 0.3 is 64.3 Å². The Morgan fingerprint density at radius 1 is 1.41 bits per heavy atom. The Bertz CT molecular complexity index is 412. The molecule has 1 aromatic rings. The largest absolute Gasteiger partial charge is 1.00 e. The normalized spacial score (nSPS) is 10.6. The first-order valence-electron chi connectivity index (χ1n) is 4.41. The van der Waals surface area contributed by atoms with E-state index in [2.05, 4.69) is 4.74 Å². The summed E-state index contributed by atoms with van der Waals surface area (Å²) in [6, 6.07) is 3.61. The Morgan fingerprint density at radius 3 is 2.41 bits per heavy atom.